The van der Waals surface area contributed by atoms with Gasteiger partial charge in [0.2, 0.25) is 0 Å². The molecule has 28 heavy (non-hydrogen) atoms. The second-order valence-corrected chi connectivity index (χ2v) is 8.29. The first-order valence-corrected chi connectivity index (χ1v) is 10.2. The zero-order valence-electron chi connectivity index (χ0n) is 15.0. The molecule has 0 unspecified atom stereocenters. The summed E-state index contributed by atoms with van der Waals surface area (Å²) < 4.78 is 10.8. The van der Waals surface area contributed by atoms with Gasteiger partial charge in [-0.15, -0.1) is 0 Å². The average Bonchev–Trinajstić information content (AvgIpc) is 2.70. The quantitative estimate of drug-likeness (QED) is 0.542. The smallest absolute Gasteiger partial charge is 0.136 e. The highest BCUT2D eigenvalue weighted by atomic mass is 35.5. The average molecular weight is 446 g/mol. The molecular formula is C19H21Cl2NO5S. The fourth-order valence-corrected chi connectivity index (χ4v) is 4.39. The summed E-state index contributed by atoms with van der Waals surface area (Å²) in [6.45, 7) is -0.382. The van der Waals surface area contributed by atoms with E-state index in [2.05, 4.69) is 5.32 Å². The van der Waals surface area contributed by atoms with E-state index in [0.29, 0.717) is 21.5 Å². The first kappa shape index (κ1) is 21.5. The van der Waals surface area contributed by atoms with Crippen molar-refractivity contribution in [3.8, 4) is 5.75 Å². The molecule has 0 spiro atoms. The Hall–Kier alpha value is -1.19. The highest BCUT2D eigenvalue weighted by Crippen LogP contribution is 2.36. The molecule has 0 aliphatic carbocycles. The van der Waals surface area contributed by atoms with Gasteiger partial charge in [0.15, 0.2) is 0 Å². The van der Waals surface area contributed by atoms with Gasteiger partial charge in [0.1, 0.15) is 29.5 Å². The Balaban J connectivity index is 1.78. The minimum absolute atomic E-state index is 0.382. The molecule has 1 aliphatic rings. The predicted molar refractivity (Wildman–Crippen MR) is 110 cm³/mol. The lowest BCUT2D eigenvalue weighted by atomic mass is 9.97. The molecule has 0 amide bonds. The number of benzene rings is 2. The van der Waals surface area contributed by atoms with E-state index in [9.17, 15) is 15.3 Å². The summed E-state index contributed by atoms with van der Waals surface area (Å²) in [5.41, 5.74) is -0.0330. The maximum absolute atomic E-state index is 10.8. The van der Waals surface area contributed by atoms with Crippen LogP contribution in [0.2, 0.25) is 10.0 Å². The topological polar surface area (TPSA) is 91.2 Å². The van der Waals surface area contributed by atoms with E-state index in [0.717, 1.165) is 4.90 Å². The van der Waals surface area contributed by atoms with E-state index in [1.54, 1.807) is 49.6 Å². The van der Waals surface area contributed by atoms with Crippen LogP contribution < -0.4 is 10.1 Å². The Morgan fingerprint density at radius 1 is 1.07 bits per heavy atom. The van der Waals surface area contributed by atoms with Gasteiger partial charge in [-0.25, -0.2) is 0 Å². The van der Waals surface area contributed by atoms with Crippen molar-refractivity contribution in [1.82, 2.24) is 0 Å². The molecule has 9 heteroatoms. The van der Waals surface area contributed by atoms with Gasteiger partial charge in [-0.05, 0) is 42.5 Å². The van der Waals surface area contributed by atoms with E-state index < -0.39 is 29.8 Å². The van der Waals surface area contributed by atoms with Crippen LogP contribution in [0.5, 0.6) is 5.75 Å². The number of thioether (sulfide) groups is 1. The van der Waals surface area contributed by atoms with Crippen molar-refractivity contribution < 1.29 is 24.8 Å². The van der Waals surface area contributed by atoms with Crippen molar-refractivity contribution in [1.29, 1.82) is 0 Å². The van der Waals surface area contributed by atoms with Crippen LogP contribution in [0.1, 0.15) is 0 Å². The number of anilines is 1. The normalized spacial score (nSPS) is 27.4. The molecule has 1 saturated heterocycles. The van der Waals surface area contributed by atoms with Crippen LogP contribution in [0.15, 0.2) is 47.4 Å². The Morgan fingerprint density at radius 2 is 1.79 bits per heavy atom. The summed E-state index contributed by atoms with van der Waals surface area (Å²) in [6.07, 6.45) is -3.01. The third-order valence-electron chi connectivity index (χ3n) is 4.45. The Morgan fingerprint density at radius 3 is 2.39 bits per heavy atom. The van der Waals surface area contributed by atoms with Crippen molar-refractivity contribution in [2.75, 3.05) is 19.0 Å². The maximum Gasteiger partial charge on any atom is 0.136 e. The third-order valence-corrected chi connectivity index (χ3v) is 6.34. The fourth-order valence-electron chi connectivity index (χ4n) is 2.92. The highest BCUT2D eigenvalue weighted by molar-refractivity contribution is 7.99. The van der Waals surface area contributed by atoms with E-state index in [1.165, 1.54) is 11.8 Å². The lowest BCUT2D eigenvalue weighted by Gasteiger charge is -2.42. The van der Waals surface area contributed by atoms with Crippen LogP contribution >= 0.6 is 35.0 Å². The molecule has 1 aliphatic heterocycles. The summed E-state index contributed by atoms with van der Waals surface area (Å²) in [5.74, 6) is 0.694. The molecule has 2 aromatic carbocycles. The zero-order valence-corrected chi connectivity index (χ0v) is 17.3. The molecule has 3 rings (SSSR count). The Labute approximate surface area is 177 Å². The lowest BCUT2D eigenvalue weighted by molar-refractivity contribution is -0.156. The highest BCUT2D eigenvalue weighted by Gasteiger charge is 2.44. The molecule has 1 heterocycles. The molecule has 0 radical (unpaired) electrons. The molecule has 0 aromatic heterocycles. The first-order chi connectivity index (χ1) is 13.4. The number of hydrogen-bond donors (Lipinski definition) is 4. The summed E-state index contributed by atoms with van der Waals surface area (Å²) in [5, 5.41) is 34.9. The molecule has 152 valence electrons. The molecule has 2 aromatic rings. The van der Waals surface area contributed by atoms with Crippen LogP contribution in [0.3, 0.4) is 0 Å². The minimum atomic E-state index is -1.10. The molecule has 1 fully saturated rings. The van der Waals surface area contributed by atoms with Crippen LogP contribution in [-0.2, 0) is 4.74 Å². The van der Waals surface area contributed by atoms with Gasteiger partial charge in [-0.3, -0.25) is 0 Å². The molecule has 5 atom stereocenters. The third kappa shape index (κ3) is 4.86. The van der Waals surface area contributed by atoms with Crippen molar-refractivity contribution in [3.63, 3.8) is 0 Å². The number of hydrogen-bond acceptors (Lipinski definition) is 7. The summed E-state index contributed by atoms with van der Waals surface area (Å²) in [6, 6.07) is 11.4. The Bertz CT molecular complexity index is 794. The van der Waals surface area contributed by atoms with Gasteiger partial charge in [0.25, 0.3) is 0 Å². The van der Waals surface area contributed by atoms with Crippen LogP contribution in [0.25, 0.3) is 0 Å². The number of aliphatic hydroxyl groups is 3. The van der Waals surface area contributed by atoms with Gasteiger partial charge >= 0.3 is 0 Å². The second kappa shape index (κ2) is 9.54. The van der Waals surface area contributed by atoms with Gasteiger partial charge in [-0.2, -0.15) is 0 Å². The Kier molecular flexibility index (Phi) is 7.33. The van der Waals surface area contributed by atoms with E-state index in [1.807, 2.05) is 0 Å². The number of halogens is 2. The molecule has 0 saturated carbocycles. The van der Waals surface area contributed by atoms with Crippen LogP contribution in [0.4, 0.5) is 5.69 Å². The molecule has 4 N–H and O–H groups in total. The van der Waals surface area contributed by atoms with Gasteiger partial charge in [-0.1, -0.05) is 35.0 Å². The standard InChI is InChI=1S/C19H21Cl2NO5S/c1-26-11-4-2-10(3-5-11)22-16-17(24)15(9-23)27-19(18(16)25)28-12-6-7-13(20)14(21)8-12/h2-8,15-19,22-25H,9H2,1H3/t15-,16-,17+,18-,19-/m1/s1. The van der Waals surface area contributed by atoms with Crippen LogP contribution in [-0.4, -0.2) is 58.8 Å². The van der Waals surface area contributed by atoms with Gasteiger partial charge in [0.05, 0.1) is 29.8 Å². The van der Waals surface area contributed by atoms with E-state index in [4.69, 9.17) is 32.7 Å². The van der Waals surface area contributed by atoms with E-state index in [-0.39, 0.29) is 6.61 Å². The minimum Gasteiger partial charge on any atom is -0.497 e. The number of ether oxygens (including phenoxy) is 2. The van der Waals surface area contributed by atoms with E-state index >= 15 is 0 Å². The van der Waals surface area contributed by atoms with Gasteiger partial charge < -0.3 is 30.1 Å². The largest absolute Gasteiger partial charge is 0.497 e. The number of rotatable bonds is 6. The summed E-state index contributed by atoms with van der Waals surface area (Å²) in [4.78, 5) is 0.745. The predicted octanol–water partition coefficient (Wildman–Crippen LogP) is 3.01. The van der Waals surface area contributed by atoms with Crippen molar-refractivity contribution >= 4 is 40.7 Å². The molecule has 0 bridgehead atoms. The molecular weight excluding hydrogens is 425 g/mol. The SMILES string of the molecule is COc1ccc(N[C@H]2[C@@H](O)[C@@H](Sc3ccc(Cl)c(Cl)c3)O[C@H](CO)[C@@H]2O)cc1. The lowest BCUT2D eigenvalue weighted by Crippen LogP contribution is -2.60. The second-order valence-electron chi connectivity index (χ2n) is 6.30. The molecule has 6 nitrogen and oxygen atoms in total. The summed E-state index contributed by atoms with van der Waals surface area (Å²) in [7, 11) is 1.57. The summed E-state index contributed by atoms with van der Waals surface area (Å²) >= 11 is 13.2. The number of nitrogens with one attached hydrogen (secondary N) is 1. The number of methoxy groups -OCH3 is 1. The van der Waals surface area contributed by atoms with Crippen molar-refractivity contribution in [2.24, 2.45) is 0 Å². The fraction of sp³-hybridized carbons (Fsp3) is 0.368. The van der Waals surface area contributed by atoms with Crippen LogP contribution in [0, 0.1) is 0 Å². The number of aliphatic hydroxyl groups excluding tert-OH is 3. The monoisotopic (exact) mass is 445 g/mol. The van der Waals surface area contributed by atoms with Gasteiger partial charge in [0, 0.05) is 10.6 Å². The van der Waals surface area contributed by atoms with Crippen molar-refractivity contribution in [2.45, 2.75) is 34.7 Å². The zero-order chi connectivity index (χ0) is 20.3. The maximum atomic E-state index is 10.8. The first-order valence-electron chi connectivity index (χ1n) is 8.57. The van der Waals surface area contributed by atoms with Crippen molar-refractivity contribution in [3.05, 3.63) is 52.5 Å².